The maximum absolute atomic E-state index is 11.1. The molecular weight excluding hydrogens is 336 g/mol. The summed E-state index contributed by atoms with van der Waals surface area (Å²) in [7, 11) is 0. The largest absolute Gasteiger partial charge is 0.461 e. The van der Waals surface area contributed by atoms with E-state index in [1.54, 1.807) is 25.1 Å². The summed E-state index contributed by atoms with van der Waals surface area (Å²) >= 11 is 0. The number of rotatable bonds is 5. The van der Waals surface area contributed by atoms with Crippen molar-refractivity contribution in [3.05, 3.63) is 59.2 Å². The second kappa shape index (κ2) is 13.6. The second-order valence-electron chi connectivity index (χ2n) is 4.69. The van der Waals surface area contributed by atoms with Crippen LogP contribution >= 0.6 is 0 Å². The first-order valence-electron chi connectivity index (χ1n) is 7.31. The number of carbonyl (C=O) groups is 2. The van der Waals surface area contributed by atoms with Gasteiger partial charge in [0.15, 0.2) is 5.78 Å². The number of aromatic nitrogens is 2. The molecule has 7 heteroatoms. The Morgan fingerprint density at radius 1 is 0.962 bits per heavy atom. The van der Waals surface area contributed by atoms with Crippen LogP contribution in [0.5, 0.6) is 0 Å². The number of nitrogens with zero attached hydrogens (tertiary/aromatic N) is 2. The van der Waals surface area contributed by atoms with Gasteiger partial charge in [-0.1, -0.05) is 14.9 Å². The molecule has 0 aliphatic carbocycles. The third kappa shape index (κ3) is 8.46. The Morgan fingerprint density at radius 3 is 1.85 bits per heavy atom. The zero-order valence-electron chi connectivity index (χ0n) is 13.6. The molecule has 0 aliphatic rings. The number of aliphatic hydroxyl groups is 2. The van der Waals surface area contributed by atoms with Crippen molar-refractivity contribution in [1.82, 2.24) is 9.97 Å². The highest BCUT2D eigenvalue weighted by molar-refractivity contribution is 5.92. The van der Waals surface area contributed by atoms with E-state index in [-0.39, 0.29) is 39.5 Å². The number of aliphatic hydroxyl groups excluding tert-OH is 2. The van der Waals surface area contributed by atoms with Crippen LogP contribution in [-0.2, 0) is 18.0 Å². The van der Waals surface area contributed by atoms with E-state index in [2.05, 4.69) is 9.97 Å². The zero-order valence-corrected chi connectivity index (χ0v) is 13.6. The Hall–Kier alpha value is -2.64. The molecule has 2 N–H and O–H groups in total. The lowest BCUT2D eigenvalue weighted by molar-refractivity contribution is 0.0519. The maximum Gasteiger partial charge on any atom is 0.356 e. The summed E-state index contributed by atoms with van der Waals surface area (Å²) in [5, 5.41) is 17.5. The molecule has 0 radical (unpaired) electrons. The number of carbonyl (C=O) groups excluding carboxylic acids is 2. The smallest absolute Gasteiger partial charge is 0.356 e. The minimum Gasteiger partial charge on any atom is -0.461 e. The van der Waals surface area contributed by atoms with Gasteiger partial charge in [0, 0.05) is 19.3 Å². The molecule has 0 amide bonds. The Morgan fingerprint density at radius 2 is 1.42 bits per heavy atom. The number of hydrogen-bond acceptors (Lipinski definition) is 7. The van der Waals surface area contributed by atoms with Crippen LogP contribution in [0, 0.1) is 0 Å². The Balaban J connectivity index is 0. The molecule has 0 unspecified atom stereocenters. The van der Waals surface area contributed by atoms with Gasteiger partial charge >= 0.3 is 5.97 Å². The van der Waals surface area contributed by atoms with Gasteiger partial charge in [0.1, 0.15) is 11.4 Å². The zero-order chi connectivity index (χ0) is 17.9. The normalized spacial score (nSPS) is 8.92. The fourth-order valence-electron chi connectivity index (χ4n) is 1.65. The predicted octanol–water partition coefficient (Wildman–Crippen LogP) is 2.80. The summed E-state index contributed by atoms with van der Waals surface area (Å²) in [4.78, 5) is 29.6. The van der Waals surface area contributed by atoms with Gasteiger partial charge in [-0.25, -0.2) is 9.78 Å². The van der Waals surface area contributed by atoms with Crippen molar-refractivity contribution in [2.24, 2.45) is 0 Å². The van der Waals surface area contributed by atoms with E-state index in [0.29, 0.717) is 23.4 Å². The summed E-state index contributed by atoms with van der Waals surface area (Å²) in [5.41, 5.74) is 1.99. The molecule has 0 saturated heterocycles. The molecule has 2 heterocycles. The SMILES string of the molecule is C.C.CC(=O)c1cc(CO)ccn1.CCOC(=O)c1cc(CO)ccn1. The van der Waals surface area contributed by atoms with E-state index in [1.807, 2.05) is 0 Å². The Kier molecular flexibility index (Phi) is 13.4. The van der Waals surface area contributed by atoms with Crippen LogP contribution in [0.3, 0.4) is 0 Å². The number of ketones is 1. The molecule has 0 atom stereocenters. The first-order chi connectivity index (χ1) is 11.5. The Bertz CT molecular complexity index is 689. The van der Waals surface area contributed by atoms with Crippen LogP contribution in [0.4, 0.5) is 0 Å². The topological polar surface area (TPSA) is 110 Å². The van der Waals surface area contributed by atoms with Gasteiger partial charge in [0.25, 0.3) is 0 Å². The standard InChI is InChI=1S/C9H11NO3.C8H9NO2.2CH4/c1-2-13-9(12)8-5-7(6-11)3-4-10-8;1-6(11)8-4-7(5-10)2-3-9-8;;/h3-5,11H,2,6H2,1H3;2-4,10H,5H2,1H3;2*1H4. The van der Waals surface area contributed by atoms with Gasteiger partial charge < -0.3 is 14.9 Å². The lowest BCUT2D eigenvalue weighted by Crippen LogP contribution is -2.07. The van der Waals surface area contributed by atoms with Crippen molar-refractivity contribution in [3.63, 3.8) is 0 Å². The van der Waals surface area contributed by atoms with Crippen molar-refractivity contribution in [2.75, 3.05) is 6.61 Å². The monoisotopic (exact) mass is 364 g/mol. The lowest BCUT2D eigenvalue weighted by atomic mass is 10.2. The number of pyridine rings is 2. The predicted molar refractivity (Wildman–Crippen MR) is 99.7 cm³/mol. The molecule has 26 heavy (non-hydrogen) atoms. The van der Waals surface area contributed by atoms with Crippen molar-refractivity contribution in [3.8, 4) is 0 Å². The van der Waals surface area contributed by atoms with E-state index < -0.39 is 5.97 Å². The minimum absolute atomic E-state index is 0. The van der Waals surface area contributed by atoms with Gasteiger partial charge in [-0.05, 0) is 42.3 Å². The van der Waals surface area contributed by atoms with E-state index in [1.165, 1.54) is 25.4 Å². The molecule has 2 aromatic heterocycles. The van der Waals surface area contributed by atoms with Crippen LogP contribution in [0.25, 0.3) is 0 Å². The van der Waals surface area contributed by atoms with Crippen molar-refractivity contribution < 1.29 is 24.5 Å². The first kappa shape index (κ1) is 25.6. The van der Waals surface area contributed by atoms with Crippen LogP contribution in [0.15, 0.2) is 36.7 Å². The summed E-state index contributed by atoms with van der Waals surface area (Å²) in [6.07, 6.45) is 2.99. The molecule has 2 rings (SSSR count). The van der Waals surface area contributed by atoms with E-state index in [4.69, 9.17) is 14.9 Å². The molecule has 0 saturated carbocycles. The van der Waals surface area contributed by atoms with E-state index in [9.17, 15) is 9.59 Å². The average Bonchev–Trinajstić information content (AvgIpc) is 2.62. The molecular formula is C19H28N2O5. The number of esters is 1. The maximum atomic E-state index is 11.1. The molecule has 144 valence electrons. The number of Topliss-reactive ketones (excluding diaryl/α,β-unsaturated/α-hetero) is 1. The molecule has 0 aromatic carbocycles. The molecule has 0 bridgehead atoms. The molecule has 0 spiro atoms. The van der Waals surface area contributed by atoms with Gasteiger partial charge in [-0.15, -0.1) is 0 Å². The molecule has 0 fully saturated rings. The summed E-state index contributed by atoms with van der Waals surface area (Å²) in [6.45, 7) is 3.35. The van der Waals surface area contributed by atoms with Crippen molar-refractivity contribution in [2.45, 2.75) is 41.9 Å². The molecule has 7 nitrogen and oxygen atoms in total. The third-order valence-corrected chi connectivity index (χ3v) is 2.86. The van der Waals surface area contributed by atoms with Gasteiger partial charge in [0.05, 0.1) is 19.8 Å². The van der Waals surface area contributed by atoms with Crippen LogP contribution < -0.4 is 0 Å². The average molecular weight is 364 g/mol. The highest BCUT2D eigenvalue weighted by Gasteiger charge is 2.07. The number of ether oxygens (including phenoxy) is 1. The van der Waals surface area contributed by atoms with Gasteiger partial charge in [-0.2, -0.15) is 0 Å². The highest BCUT2D eigenvalue weighted by atomic mass is 16.5. The second-order valence-corrected chi connectivity index (χ2v) is 4.69. The van der Waals surface area contributed by atoms with Crippen LogP contribution in [0.2, 0.25) is 0 Å². The highest BCUT2D eigenvalue weighted by Crippen LogP contribution is 2.03. The summed E-state index contributed by atoms with van der Waals surface area (Å²) in [6, 6.07) is 6.41. The third-order valence-electron chi connectivity index (χ3n) is 2.86. The fraction of sp³-hybridized carbons (Fsp3) is 0.368. The Labute approximate surface area is 154 Å². The summed E-state index contributed by atoms with van der Waals surface area (Å²) in [5.74, 6) is -0.543. The van der Waals surface area contributed by atoms with Crippen molar-refractivity contribution in [1.29, 1.82) is 0 Å². The minimum atomic E-state index is -0.460. The quantitative estimate of drug-likeness (QED) is 0.620. The van der Waals surface area contributed by atoms with Crippen molar-refractivity contribution >= 4 is 11.8 Å². The first-order valence-corrected chi connectivity index (χ1v) is 7.31. The van der Waals surface area contributed by atoms with Gasteiger partial charge in [-0.3, -0.25) is 9.78 Å². The van der Waals surface area contributed by atoms with E-state index in [0.717, 1.165) is 0 Å². The number of hydrogen-bond donors (Lipinski definition) is 2. The fourth-order valence-corrected chi connectivity index (χ4v) is 1.65. The van der Waals surface area contributed by atoms with E-state index >= 15 is 0 Å². The lowest BCUT2D eigenvalue weighted by Gasteiger charge is -2.01. The van der Waals surface area contributed by atoms with Gasteiger partial charge in [0.2, 0.25) is 0 Å². The van der Waals surface area contributed by atoms with Crippen LogP contribution in [-0.4, -0.2) is 38.5 Å². The van der Waals surface area contributed by atoms with Crippen LogP contribution in [0.1, 0.15) is 60.8 Å². The summed E-state index contributed by atoms with van der Waals surface area (Å²) < 4.78 is 4.74. The molecule has 2 aromatic rings. The molecule has 0 aliphatic heterocycles.